The quantitative estimate of drug-likeness (QED) is 0.753. The van der Waals surface area contributed by atoms with Gasteiger partial charge in [-0.2, -0.15) is 0 Å². The van der Waals surface area contributed by atoms with Gasteiger partial charge >= 0.3 is 0 Å². The summed E-state index contributed by atoms with van der Waals surface area (Å²) in [7, 11) is 0. The average molecular weight is 191 g/mol. The maximum atomic E-state index is 5.64. The number of hydrogen-bond donors (Lipinski definition) is 2. The van der Waals surface area contributed by atoms with Crippen LogP contribution in [-0.2, 0) is 0 Å². The highest BCUT2D eigenvalue weighted by molar-refractivity contribution is 5.52. The van der Waals surface area contributed by atoms with Crippen molar-refractivity contribution in [1.82, 2.24) is 4.98 Å². The van der Waals surface area contributed by atoms with Gasteiger partial charge in [0, 0.05) is 6.04 Å². The molecule has 3 heteroatoms. The number of nitrogen functional groups attached to an aromatic ring is 1. The first kappa shape index (κ1) is 9.31. The second-order valence-electron chi connectivity index (χ2n) is 4.82. The van der Waals surface area contributed by atoms with Gasteiger partial charge < -0.3 is 11.1 Å². The third-order valence-corrected chi connectivity index (χ3v) is 2.92. The molecule has 1 saturated carbocycles. The van der Waals surface area contributed by atoms with E-state index >= 15 is 0 Å². The Morgan fingerprint density at radius 1 is 1.57 bits per heavy atom. The van der Waals surface area contributed by atoms with E-state index in [0.717, 1.165) is 17.1 Å². The van der Waals surface area contributed by atoms with Gasteiger partial charge in [-0.3, -0.25) is 0 Å². The third-order valence-electron chi connectivity index (χ3n) is 2.92. The van der Waals surface area contributed by atoms with E-state index in [1.165, 1.54) is 6.42 Å². The molecule has 1 aliphatic rings. The molecule has 0 aromatic carbocycles. The van der Waals surface area contributed by atoms with Crippen molar-refractivity contribution in [3.05, 3.63) is 17.8 Å². The molecule has 0 saturated heterocycles. The fraction of sp³-hybridized carbons (Fsp3) is 0.545. The molecule has 1 heterocycles. The van der Waals surface area contributed by atoms with Gasteiger partial charge in [0.25, 0.3) is 0 Å². The van der Waals surface area contributed by atoms with E-state index in [-0.39, 0.29) is 0 Å². The predicted octanol–water partition coefficient (Wildman–Crippen LogP) is 2.18. The Labute approximate surface area is 84.7 Å². The maximum Gasteiger partial charge on any atom is 0.129 e. The normalized spacial score (nSPS) is 23.2. The Hall–Kier alpha value is -1.25. The number of nitrogens with zero attached hydrogens (tertiary/aromatic N) is 1. The third kappa shape index (κ3) is 1.67. The second-order valence-corrected chi connectivity index (χ2v) is 4.82. The molecule has 2 rings (SSSR count). The highest BCUT2D eigenvalue weighted by atomic mass is 15.1. The Morgan fingerprint density at radius 3 is 2.71 bits per heavy atom. The molecule has 1 unspecified atom stereocenters. The number of hydrogen-bond acceptors (Lipinski definition) is 3. The van der Waals surface area contributed by atoms with E-state index < -0.39 is 0 Å². The molecule has 1 aromatic heterocycles. The van der Waals surface area contributed by atoms with Crippen LogP contribution in [0.5, 0.6) is 0 Å². The molecule has 0 amide bonds. The van der Waals surface area contributed by atoms with E-state index in [1.807, 2.05) is 13.0 Å². The van der Waals surface area contributed by atoms with Crippen LogP contribution in [0.2, 0.25) is 0 Å². The predicted molar refractivity (Wildman–Crippen MR) is 59.2 cm³/mol. The van der Waals surface area contributed by atoms with Crippen LogP contribution in [0, 0.1) is 12.3 Å². The standard InChI is InChI=1S/C11H17N3/c1-7-4-8(12)6-13-10(7)14-9-5-11(9,2)3/h4,6,9H,5,12H2,1-3H3,(H,13,14). The smallest absolute Gasteiger partial charge is 0.129 e. The van der Waals surface area contributed by atoms with Gasteiger partial charge in [0.05, 0.1) is 11.9 Å². The summed E-state index contributed by atoms with van der Waals surface area (Å²) in [6.07, 6.45) is 2.92. The lowest BCUT2D eigenvalue weighted by Crippen LogP contribution is -2.10. The first-order chi connectivity index (χ1) is 6.49. The number of aryl methyl sites for hydroxylation is 1. The van der Waals surface area contributed by atoms with Crippen molar-refractivity contribution in [3.63, 3.8) is 0 Å². The van der Waals surface area contributed by atoms with E-state index in [9.17, 15) is 0 Å². The summed E-state index contributed by atoms with van der Waals surface area (Å²) in [5.74, 6) is 0.967. The lowest BCUT2D eigenvalue weighted by molar-refractivity contribution is 0.629. The fourth-order valence-electron chi connectivity index (χ4n) is 1.63. The number of rotatable bonds is 2. The molecule has 1 fully saturated rings. The van der Waals surface area contributed by atoms with Crippen molar-refractivity contribution in [2.75, 3.05) is 11.1 Å². The zero-order valence-electron chi connectivity index (χ0n) is 8.96. The van der Waals surface area contributed by atoms with Gasteiger partial charge in [0.1, 0.15) is 5.82 Å². The van der Waals surface area contributed by atoms with Crippen LogP contribution < -0.4 is 11.1 Å². The summed E-state index contributed by atoms with van der Waals surface area (Å²) < 4.78 is 0. The van der Waals surface area contributed by atoms with Gasteiger partial charge in [0.15, 0.2) is 0 Å². The van der Waals surface area contributed by atoms with Crippen molar-refractivity contribution in [2.24, 2.45) is 5.41 Å². The van der Waals surface area contributed by atoms with Crippen LogP contribution >= 0.6 is 0 Å². The monoisotopic (exact) mass is 191 g/mol. The molecule has 0 bridgehead atoms. The minimum atomic E-state index is 0.426. The molecule has 1 aliphatic carbocycles. The molecule has 14 heavy (non-hydrogen) atoms. The zero-order chi connectivity index (χ0) is 10.3. The Morgan fingerprint density at radius 2 is 2.21 bits per heavy atom. The minimum Gasteiger partial charge on any atom is -0.397 e. The average Bonchev–Trinajstić information content (AvgIpc) is 2.65. The maximum absolute atomic E-state index is 5.64. The molecule has 1 aromatic rings. The van der Waals surface area contributed by atoms with Crippen molar-refractivity contribution in [3.8, 4) is 0 Å². The van der Waals surface area contributed by atoms with Gasteiger partial charge in [-0.15, -0.1) is 0 Å². The number of anilines is 2. The molecule has 0 aliphatic heterocycles. The largest absolute Gasteiger partial charge is 0.397 e. The van der Waals surface area contributed by atoms with Crippen molar-refractivity contribution in [2.45, 2.75) is 33.2 Å². The molecule has 0 spiro atoms. The van der Waals surface area contributed by atoms with E-state index in [1.54, 1.807) is 6.20 Å². The number of nitrogens with one attached hydrogen (secondary N) is 1. The second kappa shape index (κ2) is 2.87. The molecular weight excluding hydrogens is 174 g/mol. The van der Waals surface area contributed by atoms with Gasteiger partial charge in [-0.1, -0.05) is 13.8 Å². The molecule has 3 N–H and O–H groups in total. The Bertz CT molecular complexity index is 358. The SMILES string of the molecule is Cc1cc(N)cnc1NC1CC1(C)C. The summed E-state index contributed by atoms with van der Waals surface area (Å²) in [6.45, 7) is 6.55. The summed E-state index contributed by atoms with van der Waals surface area (Å²) in [5, 5.41) is 3.43. The van der Waals surface area contributed by atoms with Crippen molar-refractivity contribution < 1.29 is 0 Å². The van der Waals surface area contributed by atoms with Crippen LogP contribution in [0.4, 0.5) is 11.5 Å². The molecule has 0 radical (unpaired) electrons. The number of nitrogens with two attached hydrogens (primary N) is 1. The van der Waals surface area contributed by atoms with E-state index in [4.69, 9.17) is 5.73 Å². The minimum absolute atomic E-state index is 0.426. The lowest BCUT2D eigenvalue weighted by atomic mass is 10.2. The summed E-state index contributed by atoms with van der Waals surface area (Å²) >= 11 is 0. The number of pyridine rings is 1. The van der Waals surface area contributed by atoms with Crippen LogP contribution in [0.3, 0.4) is 0 Å². The first-order valence-corrected chi connectivity index (χ1v) is 4.98. The zero-order valence-corrected chi connectivity index (χ0v) is 8.96. The molecular formula is C11H17N3. The topological polar surface area (TPSA) is 50.9 Å². The molecule has 1 atom stereocenters. The summed E-state index contributed by atoms with van der Waals surface area (Å²) in [4.78, 5) is 4.29. The van der Waals surface area contributed by atoms with Gasteiger partial charge in [-0.25, -0.2) is 4.98 Å². The van der Waals surface area contributed by atoms with Crippen LogP contribution in [0.25, 0.3) is 0 Å². The molecule has 76 valence electrons. The van der Waals surface area contributed by atoms with E-state index in [0.29, 0.717) is 11.5 Å². The number of aromatic nitrogens is 1. The first-order valence-electron chi connectivity index (χ1n) is 4.98. The van der Waals surface area contributed by atoms with Crippen LogP contribution in [0.15, 0.2) is 12.3 Å². The van der Waals surface area contributed by atoms with E-state index in [2.05, 4.69) is 24.1 Å². The van der Waals surface area contributed by atoms with Crippen molar-refractivity contribution in [1.29, 1.82) is 0 Å². The summed E-state index contributed by atoms with van der Waals surface area (Å²) in [5.41, 5.74) is 7.91. The summed E-state index contributed by atoms with van der Waals surface area (Å²) in [6, 6.07) is 2.52. The highest BCUT2D eigenvalue weighted by Crippen LogP contribution is 2.46. The lowest BCUT2D eigenvalue weighted by Gasteiger charge is -2.10. The Kier molecular flexibility index (Phi) is 1.91. The van der Waals surface area contributed by atoms with Crippen LogP contribution in [0.1, 0.15) is 25.8 Å². The van der Waals surface area contributed by atoms with Crippen molar-refractivity contribution >= 4 is 11.5 Å². The van der Waals surface area contributed by atoms with Gasteiger partial charge in [0.2, 0.25) is 0 Å². The Balaban J connectivity index is 2.11. The van der Waals surface area contributed by atoms with Crippen LogP contribution in [-0.4, -0.2) is 11.0 Å². The molecule has 3 nitrogen and oxygen atoms in total. The van der Waals surface area contributed by atoms with Gasteiger partial charge in [-0.05, 0) is 30.4 Å². The fourth-order valence-corrected chi connectivity index (χ4v) is 1.63. The highest BCUT2D eigenvalue weighted by Gasteiger charge is 2.45.